The van der Waals surface area contributed by atoms with E-state index in [2.05, 4.69) is 9.72 Å². The quantitative estimate of drug-likeness (QED) is 0.481. The monoisotopic (exact) mass is 298 g/mol. The summed E-state index contributed by atoms with van der Waals surface area (Å²) in [6.45, 7) is 0. The van der Waals surface area contributed by atoms with Crippen molar-refractivity contribution in [2.75, 3.05) is 7.11 Å². The van der Waals surface area contributed by atoms with E-state index in [1.54, 1.807) is 0 Å². The van der Waals surface area contributed by atoms with Gasteiger partial charge in [-0.2, -0.15) is 4.39 Å². The highest BCUT2D eigenvalue weighted by atomic mass is 19.1. The van der Waals surface area contributed by atoms with Crippen molar-refractivity contribution in [3.05, 3.63) is 28.2 Å². The maximum Gasteiger partial charge on any atom is 0.323 e. The second kappa shape index (κ2) is 6.47. The Balaban J connectivity index is 1.93. The summed E-state index contributed by atoms with van der Waals surface area (Å²) in [5, 5.41) is 10.5. The third-order valence-electron chi connectivity index (χ3n) is 3.50. The van der Waals surface area contributed by atoms with Gasteiger partial charge in [-0.25, -0.2) is 4.98 Å². The lowest BCUT2D eigenvalue weighted by molar-refractivity contribution is -0.387. The van der Waals surface area contributed by atoms with E-state index in [-0.39, 0.29) is 23.9 Å². The number of nitro groups is 1. The Bertz CT molecular complexity index is 543. The van der Waals surface area contributed by atoms with E-state index in [0.717, 1.165) is 12.3 Å². The number of methoxy groups -OCH3 is 1. The van der Waals surface area contributed by atoms with Gasteiger partial charge in [0.1, 0.15) is 12.3 Å². The zero-order valence-corrected chi connectivity index (χ0v) is 11.5. The van der Waals surface area contributed by atoms with E-state index in [9.17, 15) is 19.3 Å². The van der Waals surface area contributed by atoms with Crippen LogP contribution >= 0.6 is 0 Å². The Labute approximate surface area is 120 Å². The number of halogens is 1. The van der Waals surface area contributed by atoms with Gasteiger partial charge in [-0.3, -0.25) is 14.9 Å². The summed E-state index contributed by atoms with van der Waals surface area (Å²) in [6, 6.07) is 0.907. The fraction of sp³-hybridized carbons (Fsp3) is 0.538. The second-order valence-electron chi connectivity index (χ2n) is 4.85. The van der Waals surface area contributed by atoms with Crippen molar-refractivity contribution in [2.45, 2.75) is 31.8 Å². The molecule has 1 fully saturated rings. The molecule has 0 amide bonds. The van der Waals surface area contributed by atoms with Crippen LogP contribution in [0.15, 0.2) is 12.3 Å². The molecule has 1 saturated carbocycles. The second-order valence-corrected chi connectivity index (χ2v) is 4.85. The standard InChI is InChI=1S/C13H15FN2O5/c1-20-13(17)8-2-4-9(5-3-8)21-12-6-10(14)11(7-15-12)16(18)19/h6-9H,2-5H2,1H3. The molecule has 0 bridgehead atoms. The lowest BCUT2D eigenvalue weighted by Gasteiger charge is -2.26. The summed E-state index contributed by atoms with van der Waals surface area (Å²) in [4.78, 5) is 24.8. The molecule has 0 aliphatic heterocycles. The van der Waals surface area contributed by atoms with E-state index in [0.29, 0.717) is 25.7 Å². The van der Waals surface area contributed by atoms with Gasteiger partial charge in [0, 0.05) is 6.07 Å². The van der Waals surface area contributed by atoms with Gasteiger partial charge < -0.3 is 9.47 Å². The molecule has 1 aliphatic carbocycles. The fourth-order valence-electron chi connectivity index (χ4n) is 2.36. The molecule has 0 N–H and O–H groups in total. The van der Waals surface area contributed by atoms with Crippen LogP contribution in [0.1, 0.15) is 25.7 Å². The van der Waals surface area contributed by atoms with Crippen molar-refractivity contribution < 1.29 is 23.6 Å². The molecule has 1 aromatic heterocycles. The van der Waals surface area contributed by atoms with Crippen LogP contribution < -0.4 is 4.74 Å². The van der Waals surface area contributed by atoms with Crippen molar-refractivity contribution >= 4 is 11.7 Å². The van der Waals surface area contributed by atoms with Crippen molar-refractivity contribution in [3.8, 4) is 5.88 Å². The van der Waals surface area contributed by atoms with Crippen LogP contribution in [0.4, 0.5) is 10.1 Å². The summed E-state index contributed by atoms with van der Waals surface area (Å²) < 4.78 is 23.6. The van der Waals surface area contributed by atoms with Crippen molar-refractivity contribution in [3.63, 3.8) is 0 Å². The Morgan fingerprint density at radius 3 is 2.62 bits per heavy atom. The van der Waals surface area contributed by atoms with Gasteiger partial charge in [-0.15, -0.1) is 0 Å². The molecule has 0 unspecified atom stereocenters. The largest absolute Gasteiger partial charge is 0.474 e. The number of pyridine rings is 1. The molecule has 0 spiro atoms. The SMILES string of the molecule is COC(=O)C1CCC(Oc2cc(F)c([N+](=O)[O-])cn2)CC1. The van der Waals surface area contributed by atoms with Crippen molar-refractivity contribution in [1.82, 2.24) is 4.98 Å². The molecule has 0 atom stereocenters. The Morgan fingerprint density at radius 1 is 1.43 bits per heavy atom. The van der Waals surface area contributed by atoms with Gasteiger partial charge >= 0.3 is 11.7 Å². The molecule has 21 heavy (non-hydrogen) atoms. The minimum Gasteiger partial charge on any atom is -0.474 e. The number of carbonyl (C=O) groups excluding carboxylic acids is 1. The normalized spacial score (nSPS) is 21.6. The highest BCUT2D eigenvalue weighted by Crippen LogP contribution is 2.28. The number of nitrogens with zero attached hydrogens (tertiary/aromatic N) is 2. The maximum absolute atomic E-state index is 13.4. The fourth-order valence-corrected chi connectivity index (χ4v) is 2.36. The molecule has 8 heteroatoms. The average molecular weight is 298 g/mol. The lowest BCUT2D eigenvalue weighted by atomic mass is 9.87. The van der Waals surface area contributed by atoms with Crippen LogP contribution in [0, 0.1) is 21.8 Å². The first-order valence-corrected chi connectivity index (χ1v) is 6.55. The topological polar surface area (TPSA) is 91.6 Å². The van der Waals surface area contributed by atoms with Crippen LogP contribution in [0.2, 0.25) is 0 Å². The van der Waals surface area contributed by atoms with Crippen LogP contribution in [0.3, 0.4) is 0 Å². The molecule has 0 saturated heterocycles. The highest BCUT2D eigenvalue weighted by molar-refractivity contribution is 5.72. The van der Waals surface area contributed by atoms with Gasteiger partial charge in [0.15, 0.2) is 0 Å². The number of rotatable bonds is 4. The molecule has 0 radical (unpaired) electrons. The molecule has 2 rings (SSSR count). The first-order chi connectivity index (χ1) is 10.0. The smallest absolute Gasteiger partial charge is 0.323 e. The van der Waals surface area contributed by atoms with Crippen molar-refractivity contribution in [2.24, 2.45) is 5.92 Å². The molecular weight excluding hydrogens is 283 g/mol. The highest BCUT2D eigenvalue weighted by Gasteiger charge is 2.28. The van der Waals surface area contributed by atoms with E-state index >= 15 is 0 Å². The van der Waals surface area contributed by atoms with Crippen LogP contribution in [-0.4, -0.2) is 29.1 Å². The average Bonchev–Trinajstić information content (AvgIpc) is 2.47. The third-order valence-corrected chi connectivity index (χ3v) is 3.50. The van der Waals surface area contributed by atoms with Gasteiger partial charge in [0.2, 0.25) is 11.7 Å². The maximum atomic E-state index is 13.4. The van der Waals surface area contributed by atoms with Gasteiger partial charge in [-0.05, 0) is 25.7 Å². The molecule has 1 aromatic rings. The number of carbonyl (C=O) groups is 1. The van der Waals surface area contributed by atoms with E-state index < -0.39 is 16.4 Å². The van der Waals surface area contributed by atoms with Crippen LogP contribution in [0.25, 0.3) is 0 Å². The molecular formula is C13H15FN2O5. The van der Waals surface area contributed by atoms with E-state index in [1.165, 1.54) is 7.11 Å². The predicted molar refractivity (Wildman–Crippen MR) is 69.2 cm³/mol. The third kappa shape index (κ3) is 3.65. The summed E-state index contributed by atoms with van der Waals surface area (Å²) in [5.74, 6) is -1.32. The molecule has 0 aromatic carbocycles. The number of esters is 1. The summed E-state index contributed by atoms with van der Waals surface area (Å²) in [6.07, 6.45) is 3.17. The first-order valence-electron chi connectivity index (χ1n) is 6.55. The molecule has 7 nitrogen and oxygen atoms in total. The Hall–Kier alpha value is -2.25. The Morgan fingerprint density at radius 2 is 2.10 bits per heavy atom. The summed E-state index contributed by atoms with van der Waals surface area (Å²) in [5.41, 5.74) is -0.684. The summed E-state index contributed by atoms with van der Waals surface area (Å²) >= 11 is 0. The van der Waals surface area contributed by atoms with Gasteiger partial charge in [0.25, 0.3) is 0 Å². The summed E-state index contributed by atoms with van der Waals surface area (Å²) in [7, 11) is 1.36. The number of aromatic nitrogens is 1. The zero-order chi connectivity index (χ0) is 15.4. The predicted octanol–water partition coefficient (Wildman–Crippen LogP) is 2.24. The van der Waals surface area contributed by atoms with Gasteiger partial charge in [-0.1, -0.05) is 0 Å². The molecule has 1 heterocycles. The zero-order valence-electron chi connectivity index (χ0n) is 11.5. The van der Waals surface area contributed by atoms with Crippen LogP contribution in [0.5, 0.6) is 5.88 Å². The minimum absolute atomic E-state index is 0.0135. The van der Waals surface area contributed by atoms with E-state index in [4.69, 9.17) is 4.74 Å². The van der Waals surface area contributed by atoms with Crippen molar-refractivity contribution in [1.29, 1.82) is 0 Å². The lowest BCUT2D eigenvalue weighted by Crippen LogP contribution is -2.28. The molecule has 114 valence electrons. The number of hydrogen-bond donors (Lipinski definition) is 0. The minimum atomic E-state index is -0.978. The van der Waals surface area contributed by atoms with E-state index in [1.807, 2.05) is 0 Å². The number of hydrogen-bond acceptors (Lipinski definition) is 6. The Kier molecular flexibility index (Phi) is 4.66. The van der Waals surface area contributed by atoms with Gasteiger partial charge in [0.05, 0.1) is 18.0 Å². The molecule has 1 aliphatic rings. The first kappa shape index (κ1) is 15.1. The number of ether oxygens (including phenoxy) is 2. The van der Waals surface area contributed by atoms with Crippen LogP contribution in [-0.2, 0) is 9.53 Å².